The predicted molar refractivity (Wildman–Crippen MR) is 108 cm³/mol. The van der Waals surface area contributed by atoms with Crippen molar-refractivity contribution >= 4 is 23.6 Å². The minimum atomic E-state index is -0.837. The third-order valence-corrected chi connectivity index (χ3v) is 4.80. The maximum absolute atomic E-state index is 12.5. The van der Waals surface area contributed by atoms with Gasteiger partial charge in [-0.3, -0.25) is 4.79 Å². The van der Waals surface area contributed by atoms with Gasteiger partial charge in [0.05, 0.1) is 0 Å². The molecule has 0 bridgehead atoms. The molecule has 3 atom stereocenters. The normalized spacial score (nSPS) is 20.4. The van der Waals surface area contributed by atoms with Crippen LogP contribution < -0.4 is 10.6 Å². The third kappa shape index (κ3) is 6.55. The largest absolute Gasteiger partial charge is 0.454 e. The van der Waals surface area contributed by atoms with Gasteiger partial charge < -0.3 is 20.3 Å². The van der Waals surface area contributed by atoms with Crippen molar-refractivity contribution in [1.82, 2.24) is 10.2 Å². The second-order valence-corrected chi connectivity index (χ2v) is 8.04. The molecule has 1 fully saturated rings. The van der Waals surface area contributed by atoms with Crippen LogP contribution in [0.3, 0.4) is 0 Å². The smallest absolute Gasteiger partial charge is 0.329 e. The van der Waals surface area contributed by atoms with E-state index in [1.165, 1.54) is 0 Å². The van der Waals surface area contributed by atoms with Crippen molar-refractivity contribution in [3.05, 3.63) is 30.3 Å². The number of nitrogens with one attached hydrogen (secondary N) is 2. The van der Waals surface area contributed by atoms with E-state index < -0.39 is 18.0 Å². The van der Waals surface area contributed by atoms with E-state index in [9.17, 15) is 14.4 Å². The highest BCUT2D eigenvalue weighted by Crippen LogP contribution is 2.21. The Morgan fingerprint density at radius 3 is 2.29 bits per heavy atom. The Hall–Kier alpha value is -2.57. The minimum Gasteiger partial charge on any atom is -0.454 e. The lowest BCUT2D eigenvalue weighted by Crippen LogP contribution is -2.48. The zero-order valence-electron chi connectivity index (χ0n) is 17.1. The standard InChI is InChI=1S/C21H31N3O4/c1-14(2)19(23-21(27)22-17-8-6-5-7-9-17)20(26)28-13-18(25)24-11-15(3)10-16(4)12-24/h5-9,14-16,19H,10-13H2,1-4H3,(H2,22,23,27)/t15-,16-,19+/m0/s1. The molecule has 2 rings (SSSR count). The number of esters is 1. The van der Waals surface area contributed by atoms with Crippen LogP contribution in [0, 0.1) is 17.8 Å². The molecule has 1 saturated heterocycles. The number of likely N-dealkylation sites (tertiary alicyclic amines) is 1. The average molecular weight is 389 g/mol. The first-order valence-electron chi connectivity index (χ1n) is 9.83. The van der Waals surface area contributed by atoms with Crippen molar-refractivity contribution in [2.24, 2.45) is 17.8 Å². The molecule has 7 heteroatoms. The van der Waals surface area contributed by atoms with Crippen LogP contribution in [0.5, 0.6) is 0 Å². The Morgan fingerprint density at radius 1 is 1.11 bits per heavy atom. The van der Waals surface area contributed by atoms with E-state index >= 15 is 0 Å². The minimum absolute atomic E-state index is 0.181. The quantitative estimate of drug-likeness (QED) is 0.733. The SMILES string of the molecule is CC(C)[C@@H](NC(=O)Nc1ccccc1)C(=O)OCC(=O)N1C[C@@H](C)C[C@H](C)C1. The topological polar surface area (TPSA) is 87.7 Å². The van der Waals surface area contributed by atoms with E-state index in [2.05, 4.69) is 24.5 Å². The second-order valence-electron chi connectivity index (χ2n) is 8.04. The number of hydrogen-bond donors (Lipinski definition) is 2. The Morgan fingerprint density at radius 2 is 1.71 bits per heavy atom. The van der Waals surface area contributed by atoms with E-state index in [0.29, 0.717) is 30.6 Å². The molecule has 1 heterocycles. The number of hydrogen-bond acceptors (Lipinski definition) is 4. The molecule has 3 amide bonds. The number of ether oxygens (including phenoxy) is 1. The molecule has 0 radical (unpaired) electrons. The monoisotopic (exact) mass is 389 g/mol. The number of rotatable bonds is 6. The maximum Gasteiger partial charge on any atom is 0.329 e. The van der Waals surface area contributed by atoms with Gasteiger partial charge >= 0.3 is 12.0 Å². The van der Waals surface area contributed by atoms with Gasteiger partial charge in [-0.05, 0) is 36.3 Å². The molecule has 0 saturated carbocycles. The van der Waals surface area contributed by atoms with E-state index in [0.717, 1.165) is 6.42 Å². The first-order chi connectivity index (χ1) is 13.3. The number of anilines is 1. The van der Waals surface area contributed by atoms with Gasteiger partial charge in [0.2, 0.25) is 0 Å². The Kier molecular flexibility index (Phi) is 7.84. The van der Waals surface area contributed by atoms with Gasteiger partial charge in [0.1, 0.15) is 6.04 Å². The summed E-state index contributed by atoms with van der Waals surface area (Å²) < 4.78 is 5.23. The van der Waals surface area contributed by atoms with Crippen LogP contribution >= 0.6 is 0 Å². The van der Waals surface area contributed by atoms with Crippen molar-refractivity contribution in [3.8, 4) is 0 Å². The lowest BCUT2D eigenvalue weighted by molar-refractivity contribution is -0.155. The molecule has 0 unspecified atom stereocenters. The molecule has 1 aromatic rings. The lowest BCUT2D eigenvalue weighted by atomic mass is 9.92. The summed E-state index contributed by atoms with van der Waals surface area (Å²) in [5.74, 6) is -0.0999. The fourth-order valence-electron chi connectivity index (χ4n) is 3.51. The summed E-state index contributed by atoms with van der Waals surface area (Å²) in [4.78, 5) is 38.8. The summed E-state index contributed by atoms with van der Waals surface area (Å²) in [6.07, 6.45) is 1.10. The molecular formula is C21H31N3O4. The van der Waals surface area contributed by atoms with E-state index in [1.54, 1.807) is 29.2 Å². The highest BCUT2D eigenvalue weighted by molar-refractivity contribution is 5.93. The van der Waals surface area contributed by atoms with Crippen LogP contribution in [-0.2, 0) is 14.3 Å². The average Bonchev–Trinajstić information content (AvgIpc) is 2.63. The first kappa shape index (κ1) is 21.7. The number of para-hydroxylation sites is 1. The fourth-order valence-corrected chi connectivity index (χ4v) is 3.51. The summed E-state index contributed by atoms with van der Waals surface area (Å²) in [5, 5.41) is 5.31. The van der Waals surface area contributed by atoms with Gasteiger partial charge in [-0.1, -0.05) is 45.9 Å². The number of carbonyl (C=O) groups excluding carboxylic acids is 3. The molecule has 0 aromatic heterocycles. The number of piperidine rings is 1. The number of carbonyl (C=O) groups is 3. The van der Waals surface area contributed by atoms with Crippen molar-refractivity contribution in [2.75, 3.05) is 25.0 Å². The van der Waals surface area contributed by atoms with Crippen molar-refractivity contribution < 1.29 is 19.1 Å². The molecule has 0 spiro atoms. The predicted octanol–water partition coefficient (Wildman–Crippen LogP) is 2.88. The summed E-state index contributed by atoms with van der Waals surface area (Å²) in [6.45, 7) is 8.93. The van der Waals surface area contributed by atoms with E-state index in [4.69, 9.17) is 4.74 Å². The summed E-state index contributed by atoms with van der Waals surface area (Å²) >= 11 is 0. The Bertz CT molecular complexity index is 667. The summed E-state index contributed by atoms with van der Waals surface area (Å²) in [5.41, 5.74) is 0.624. The molecule has 28 heavy (non-hydrogen) atoms. The molecule has 2 N–H and O–H groups in total. The van der Waals surface area contributed by atoms with Crippen molar-refractivity contribution in [2.45, 2.75) is 40.2 Å². The van der Waals surface area contributed by atoms with Crippen LogP contribution in [0.2, 0.25) is 0 Å². The molecular weight excluding hydrogens is 358 g/mol. The zero-order valence-corrected chi connectivity index (χ0v) is 17.1. The molecule has 1 aliphatic rings. The van der Waals surface area contributed by atoms with Gasteiger partial charge in [-0.25, -0.2) is 9.59 Å². The van der Waals surface area contributed by atoms with Gasteiger partial charge in [-0.2, -0.15) is 0 Å². The number of urea groups is 1. The number of benzene rings is 1. The Balaban J connectivity index is 1.86. The van der Waals surface area contributed by atoms with Crippen LogP contribution in [0.4, 0.5) is 10.5 Å². The lowest BCUT2D eigenvalue weighted by Gasteiger charge is -2.35. The van der Waals surface area contributed by atoms with Crippen molar-refractivity contribution in [3.63, 3.8) is 0 Å². The van der Waals surface area contributed by atoms with Gasteiger partial charge in [-0.15, -0.1) is 0 Å². The maximum atomic E-state index is 12.5. The van der Waals surface area contributed by atoms with Crippen LogP contribution in [-0.4, -0.2) is 48.5 Å². The summed E-state index contributed by atoms with van der Waals surface area (Å²) in [6, 6.07) is 7.62. The van der Waals surface area contributed by atoms with Gasteiger partial charge in [0.15, 0.2) is 6.61 Å². The molecule has 1 aromatic carbocycles. The third-order valence-electron chi connectivity index (χ3n) is 4.80. The highest BCUT2D eigenvalue weighted by atomic mass is 16.5. The molecule has 7 nitrogen and oxygen atoms in total. The van der Waals surface area contributed by atoms with E-state index in [1.807, 2.05) is 19.9 Å². The van der Waals surface area contributed by atoms with Gasteiger partial charge in [0.25, 0.3) is 5.91 Å². The van der Waals surface area contributed by atoms with Crippen LogP contribution in [0.15, 0.2) is 30.3 Å². The molecule has 0 aliphatic carbocycles. The molecule has 154 valence electrons. The zero-order chi connectivity index (χ0) is 20.7. The number of nitrogens with zero attached hydrogens (tertiary/aromatic N) is 1. The van der Waals surface area contributed by atoms with Crippen LogP contribution in [0.25, 0.3) is 0 Å². The number of amides is 3. The first-order valence-corrected chi connectivity index (χ1v) is 9.83. The van der Waals surface area contributed by atoms with Crippen LogP contribution in [0.1, 0.15) is 34.1 Å². The Labute approximate surface area is 166 Å². The van der Waals surface area contributed by atoms with Crippen molar-refractivity contribution in [1.29, 1.82) is 0 Å². The second kappa shape index (κ2) is 10.1. The highest BCUT2D eigenvalue weighted by Gasteiger charge is 2.29. The van der Waals surface area contributed by atoms with Gasteiger partial charge in [0, 0.05) is 18.8 Å². The fraction of sp³-hybridized carbons (Fsp3) is 0.571. The summed E-state index contributed by atoms with van der Waals surface area (Å²) in [7, 11) is 0. The molecule has 1 aliphatic heterocycles. The van der Waals surface area contributed by atoms with E-state index in [-0.39, 0.29) is 18.4 Å².